The fraction of sp³-hybridized carbons (Fsp3) is 0.481. The van der Waals surface area contributed by atoms with Crippen molar-refractivity contribution in [2.75, 3.05) is 24.2 Å². The zero-order valence-electron chi connectivity index (χ0n) is 22.5. The zero-order valence-corrected chi connectivity index (χ0v) is 23.4. The number of ether oxygens (including phenoxy) is 1. The van der Waals surface area contributed by atoms with E-state index in [2.05, 4.69) is 5.32 Å². The van der Waals surface area contributed by atoms with Gasteiger partial charge in [0.25, 0.3) is 0 Å². The minimum Gasteiger partial charge on any atom is -0.497 e. The van der Waals surface area contributed by atoms with Crippen molar-refractivity contribution in [1.82, 2.24) is 10.2 Å². The lowest BCUT2D eigenvalue weighted by Crippen LogP contribution is -2.50. The van der Waals surface area contributed by atoms with E-state index in [-0.39, 0.29) is 49.5 Å². The van der Waals surface area contributed by atoms with Crippen LogP contribution in [0.1, 0.15) is 52.0 Å². The summed E-state index contributed by atoms with van der Waals surface area (Å²) >= 11 is 0. The Morgan fingerprint density at radius 3 is 2.34 bits per heavy atom. The molecule has 210 valence electrons. The molecule has 0 aromatic heterocycles. The molecule has 0 aliphatic rings. The summed E-state index contributed by atoms with van der Waals surface area (Å²) in [4.78, 5) is 28.0. The maximum atomic E-state index is 13.8. The number of carbonyl (C=O) groups is 2. The molecule has 0 heterocycles. The molecule has 0 unspecified atom stereocenters. The Kier molecular flexibility index (Phi) is 11.5. The second-order valence-corrected chi connectivity index (χ2v) is 11.1. The van der Waals surface area contributed by atoms with E-state index in [0.717, 1.165) is 34.7 Å². The van der Waals surface area contributed by atoms with Crippen molar-refractivity contribution in [2.24, 2.45) is 0 Å². The van der Waals surface area contributed by atoms with Crippen LogP contribution in [0.25, 0.3) is 0 Å². The van der Waals surface area contributed by atoms with Crippen molar-refractivity contribution in [3.63, 3.8) is 0 Å². The van der Waals surface area contributed by atoms with Gasteiger partial charge in [0, 0.05) is 31.6 Å². The van der Waals surface area contributed by atoms with Gasteiger partial charge in [-0.25, -0.2) is 17.2 Å². The third-order valence-corrected chi connectivity index (χ3v) is 7.41. The molecule has 8 nitrogen and oxygen atoms in total. The first-order valence-corrected chi connectivity index (χ1v) is 14.4. The van der Waals surface area contributed by atoms with Gasteiger partial charge in [0.15, 0.2) is 11.6 Å². The molecule has 2 atom stereocenters. The number of benzene rings is 2. The van der Waals surface area contributed by atoms with Gasteiger partial charge in [0.1, 0.15) is 11.8 Å². The lowest BCUT2D eigenvalue weighted by atomic mass is 10.1. The van der Waals surface area contributed by atoms with E-state index in [1.165, 1.54) is 18.1 Å². The highest BCUT2D eigenvalue weighted by Gasteiger charge is 2.29. The molecule has 2 amide bonds. The summed E-state index contributed by atoms with van der Waals surface area (Å²) in [6.45, 7) is 5.68. The van der Waals surface area contributed by atoms with Crippen LogP contribution in [0.3, 0.4) is 0 Å². The Morgan fingerprint density at radius 1 is 1.05 bits per heavy atom. The predicted octanol–water partition coefficient (Wildman–Crippen LogP) is 4.24. The molecule has 2 aromatic carbocycles. The molecular weight excluding hydrogens is 516 g/mol. The van der Waals surface area contributed by atoms with Crippen LogP contribution in [0.5, 0.6) is 5.75 Å². The molecule has 0 spiro atoms. The lowest BCUT2D eigenvalue weighted by Gasteiger charge is -2.32. The van der Waals surface area contributed by atoms with E-state index in [1.807, 2.05) is 26.8 Å². The number of sulfonamides is 1. The van der Waals surface area contributed by atoms with Crippen molar-refractivity contribution < 1.29 is 31.5 Å². The van der Waals surface area contributed by atoms with Gasteiger partial charge in [-0.2, -0.15) is 0 Å². The minimum atomic E-state index is -3.83. The molecule has 0 saturated heterocycles. The number of amides is 2. The van der Waals surface area contributed by atoms with Crippen molar-refractivity contribution in [1.29, 1.82) is 0 Å². The van der Waals surface area contributed by atoms with E-state index in [4.69, 9.17) is 4.74 Å². The molecule has 38 heavy (non-hydrogen) atoms. The van der Waals surface area contributed by atoms with Crippen molar-refractivity contribution >= 4 is 27.5 Å². The Morgan fingerprint density at radius 2 is 1.76 bits per heavy atom. The first kappa shape index (κ1) is 31.0. The van der Waals surface area contributed by atoms with Crippen LogP contribution < -0.4 is 14.4 Å². The van der Waals surface area contributed by atoms with E-state index in [0.29, 0.717) is 12.2 Å². The third-order valence-electron chi connectivity index (χ3n) is 6.22. The summed E-state index contributed by atoms with van der Waals surface area (Å²) < 4.78 is 58.1. The Balaban J connectivity index is 2.26. The summed E-state index contributed by atoms with van der Waals surface area (Å²) in [7, 11) is -2.29. The second kappa shape index (κ2) is 14.1. The van der Waals surface area contributed by atoms with Crippen LogP contribution in [0.15, 0.2) is 42.5 Å². The maximum absolute atomic E-state index is 13.8. The largest absolute Gasteiger partial charge is 0.497 e. The number of rotatable bonds is 14. The number of nitrogens with one attached hydrogen (secondary N) is 1. The molecule has 0 aliphatic heterocycles. The zero-order chi connectivity index (χ0) is 28.5. The SMILES string of the molecule is CC[C@H](C(=O)N[C@@H](C)CC)N(Cc1cccc(OC)c1)C(=O)CCCN(c1ccc(F)c(F)c1)S(C)(=O)=O. The van der Waals surface area contributed by atoms with Crippen molar-refractivity contribution in [2.45, 2.75) is 65.1 Å². The molecule has 0 aliphatic carbocycles. The maximum Gasteiger partial charge on any atom is 0.243 e. The van der Waals surface area contributed by atoms with Gasteiger partial charge in [-0.05, 0) is 56.0 Å². The summed E-state index contributed by atoms with van der Waals surface area (Å²) in [6.07, 6.45) is 2.10. The molecule has 0 radical (unpaired) electrons. The van der Waals surface area contributed by atoms with E-state index in [9.17, 15) is 26.8 Å². The Hall–Kier alpha value is -3.21. The number of methoxy groups -OCH3 is 1. The smallest absolute Gasteiger partial charge is 0.243 e. The van der Waals surface area contributed by atoms with Gasteiger partial charge in [-0.1, -0.05) is 26.0 Å². The van der Waals surface area contributed by atoms with E-state index in [1.54, 1.807) is 18.2 Å². The van der Waals surface area contributed by atoms with Crippen LogP contribution in [-0.4, -0.2) is 57.1 Å². The molecule has 2 rings (SSSR count). The van der Waals surface area contributed by atoms with Gasteiger partial charge < -0.3 is 15.0 Å². The number of nitrogens with zero attached hydrogens (tertiary/aromatic N) is 2. The van der Waals surface area contributed by atoms with Crippen LogP contribution >= 0.6 is 0 Å². The number of hydrogen-bond acceptors (Lipinski definition) is 5. The number of carbonyl (C=O) groups excluding carboxylic acids is 2. The van der Waals surface area contributed by atoms with Gasteiger partial charge >= 0.3 is 0 Å². The minimum absolute atomic E-state index is 0.0357. The summed E-state index contributed by atoms with van der Waals surface area (Å²) in [5.41, 5.74) is 0.735. The monoisotopic (exact) mass is 553 g/mol. The van der Waals surface area contributed by atoms with Gasteiger partial charge in [-0.3, -0.25) is 13.9 Å². The normalized spacial score (nSPS) is 12.9. The standard InChI is InChI=1S/C27H37F2N3O5S/c1-6-19(3)30-27(34)25(7-2)31(18-20-10-8-11-22(16-20)37-4)26(33)12-9-15-32(38(5,35)36)21-13-14-23(28)24(29)17-21/h8,10-11,13-14,16-17,19,25H,6-7,9,12,15,18H2,1-5H3,(H,30,34)/t19-,25+/m0/s1. The predicted molar refractivity (Wildman–Crippen MR) is 143 cm³/mol. The quantitative estimate of drug-likeness (QED) is 0.378. The van der Waals surface area contributed by atoms with E-state index < -0.39 is 27.7 Å². The lowest BCUT2D eigenvalue weighted by molar-refractivity contribution is -0.141. The summed E-state index contributed by atoms with van der Waals surface area (Å²) in [6, 6.07) is 9.21. The molecule has 0 bridgehead atoms. The van der Waals surface area contributed by atoms with Crippen LogP contribution in [0.2, 0.25) is 0 Å². The van der Waals surface area contributed by atoms with Gasteiger partial charge in [0.05, 0.1) is 19.1 Å². The summed E-state index contributed by atoms with van der Waals surface area (Å²) in [5.74, 6) is -2.25. The molecule has 11 heteroatoms. The number of halogens is 2. The summed E-state index contributed by atoms with van der Waals surface area (Å²) in [5, 5.41) is 2.94. The second-order valence-electron chi connectivity index (χ2n) is 9.15. The van der Waals surface area contributed by atoms with Crippen LogP contribution in [-0.2, 0) is 26.2 Å². The Labute approximate surface area is 224 Å². The molecule has 0 saturated carbocycles. The molecule has 1 N–H and O–H groups in total. The average molecular weight is 554 g/mol. The average Bonchev–Trinajstić information content (AvgIpc) is 2.87. The van der Waals surface area contributed by atoms with Crippen LogP contribution in [0.4, 0.5) is 14.5 Å². The molecular formula is C27H37F2N3O5S. The number of hydrogen-bond donors (Lipinski definition) is 1. The van der Waals surface area contributed by atoms with Crippen molar-refractivity contribution in [3.05, 3.63) is 59.7 Å². The first-order valence-electron chi connectivity index (χ1n) is 12.6. The topological polar surface area (TPSA) is 96.0 Å². The van der Waals surface area contributed by atoms with Gasteiger partial charge in [-0.15, -0.1) is 0 Å². The van der Waals surface area contributed by atoms with Crippen molar-refractivity contribution in [3.8, 4) is 5.75 Å². The highest BCUT2D eigenvalue weighted by Crippen LogP contribution is 2.22. The Bertz CT molecular complexity index is 1210. The molecule has 0 fully saturated rings. The third kappa shape index (κ3) is 8.68. The highest BCUT2D eigenvalue weighted by atomic mass is 32.2. The highest BCUT2D eigenvalue weighted by molar-refractivity contribution is 7.92. The van der Waals surface area contributed by atoms with Crippen LogP contribution in [0, 0.1) is 11.6 Å². The van der Waals surface area contributed by atoms with Gasteiger partial charge in [0.2, 0.25) is 21.8 Å². The number of anilines is 1. The molecule has 2 aromatic rings. The fourth-order valence-corrected chi connectivity index (χ4v) is 4.93. The first-order chi connectivity index (χ1) is 17.9. The van der Waals surface area contributed by atoms with E-state index >= 15 is 0 Å². The fourth-order valence-electron chi connectivity index (χ4n) is 3.97.